The summed E-state index contributed by atoms with van der Waals surface area (Å²) < 4.78 is 43.3. The summed E-state index contributed by atoms with van der Waals surface area (Å²) in [6.07, 6.45) is -3.04. The molecule has 0 bridgehead atoms. The second-order valence-electron chi connectivity index (χ2n) is 3.46. The van der Waals surface area contributed by atoms with Gasteiger partial charge in [-0.3, -0.25) is 0 Å². The molecule has 0 aliphatic heterocycles. The molecule has 0 heterocycles. The van der Waals surface area contributed by atoms with E-state index in [9.17, 15) is 18.3 Å². The fraction of sp³-hybridized carbons (Fsp3) is 0.727. The molecule has 2 atom stereocenters. The average molecular weight is 283 g/mol. The van der Waals surface area contributed by atoms with E-state index in [-0.39, 0.29) is 6.61 Å². The number of hydrogen-bond donors (Lipinski definition) is 1. The van der Waals surface area contributed by atoms with Crippen molar-refractivity contribution in [1.82, 2.24) is 0 Å². The van der Waals surface area contributed by atoms with Gasteiger partial charge in [0.05, 0.1) is 18.9 Å². The monoisotopic (exact) mass is 283 g/mol. The first-order valence-electron chi connectivity index (χ1n) is 5.43. The molecule has 2 unspecified atom stereocenters. The highest BCUT2D eigenvalue weighted by Gasteiger charge is 2.57. The van der Waals surface area contributed by atoms with Crippen LogP contribution in [0.25, 0.3) is 0 Å². The smallest absolute Gasteiger partial charge is 0.423 e. The van der Waals surface area contributed by atoms with E-state index in [0.29, 0.717) is 18.2 Å². The first kappa shape index (κ1) is 17.1. The van der Waals surface area contributed by atoms with E-state index >= 15 is 0 Å². The highest BCUT2D eigenvalue weighted by atomic mass is 32.2. The maximum absolute atomic E-state index is 12.9. The van der Waals surface area contributed by atoms with Crippen LogP contribution in [0.15, 0.2) is 12.3 Å². The Hall–Kier alpha value is -0.870. The zero-order chi connectivity index (χ0) is 14.2. The topological polar surface area (TPSA) is 53.2 Å². The number of alkyl halides is 3. The fourth-order valence-electron chi connectivity index (χ4n) is 1.08. The molecule has 0 amide bonds. The van der Waals surface area contributed by atoms with Gasteiger partial charge in [0, 0.05) is 0 Å². The molecule has 0 saturated carbocycles. The number of aliphatic hydroxyl groups is 1. The Bertz CT molecular complexity index is 314. The summed E-state index contributed by atoms with van der Waals surface area (Å²) in [5, 5.41) is 16.9. The normalized spacial score (nSPS) is 17.2. The van der Waals surface area contributed by atoms with Crippen LogP contribution in [0.2, 0.25) is 0 Å². The Labute approximate surface area is 109 Å². The van der Waals surface area contributed by atoms with E-state index in [4.69, 9.17) is 5.26 Å². The molecule has 0 aliphatic carbocycles. The SMILES string of the molecule is CCCSC(C#N)C(O)(/C=C/OCC)C(F)(F)F. The summed E-state index contributed by atoms with van der Waals surface area (Å²) in [6.45, 7) is 3.57. The van der Waals surface area contributed by atoms with Crippen molar-refractivity contribution in [2.24, 2.45) is 0 Å². The molecule has 0 radical (unpaired) electrons. The van der Waals surface area contributed by atoms with Crippen LogP contribution in [0.1, 0.15) is 20.3 Å². The molecule has 104 valence electrons. The summed E-state index contributed by atoms with van der Waals surface area (Å²) in [5.41, 5.74) is -3.20. The third kappa shape index (κ3) is 4.42. The van der Waals surface area contributed by atoms with Crippen LogP contribution in [0.5, 0.6) is 0 Å². The minimum absolute atomic E-state index is 0.184. The number of nitriles is 1. The van der Waals surface area contributed by atoms with Crippen LogP contribution in [0, 0.1) is 11.3 Å². The lowest BCUT2D eigenvalue weighted by Crippen LogP contribution is -2.51. The molecule has 0 spiro atoms. The van der Waals surface area contributed by atoms with E-state index in [1.165, 1.54) is 6.07 Å². The van der Waals surface area contributed by atoms with Gasteiger partial charge in [0.2, 0.25) is 5.60 Å². The first-order chi connectivity index (χ1) is 8.33. The van der Waals surface area contributed by atoms with Gasteiger partial charge in [-0.1, -0.05) is 6.92 Å². The van der Waals surface area contributed by atoms with Crippen molar-refractivity contribution in [3.05, 3.63) is 12.3 Å². The third-order valence-corrected chi connectivity index (χ3v) is 3.49. The molecule has 0 aromatic rings. The molecular weight excluding hydrogens is 267 g/mol. The molecule has 0 aromatic heterocycles. The number of nitrogens with zero attached hydrogens (tertiary/aromatic N) is 1. The van der Waals surface area contributed by atoms with E-state index in [0.717, 1.165) is 18.0 Å². The van der Waals surface area contributed by atoms with Gasteiger partial charge in [0.1, 0.15) is 5.25 Å². The summed E-state index contributed by atoms with van der Waals surface area (Å²) in [7, 11) is 0. The number of ether oxygens (including phenoxy) is 1. The van der Waals surface area contributed by atoms with Gasteiger partial charge in [-0.05, 0) is 25.2 Å². The predicted octanol–water partition coefficient (Wildman–Crippen LogP) is 2.87. The van der Waals surface area contributed by atoms with Crippen molar-refractivity contribution in [2.75, 3.05) is 12.4 Å². The van der Waals surface area contributed by atoms with Gasteiger partial charge in [-0.2, -0.15) is 18.4 Å². The van der Waals surface area contributed by atoms with Crippen LogP contribution in [0.4, 0.5) is 13.2 Å². The molecule has 3 nitrogen and oxygen atoms in total. The minimum Gasteiger partial charge on any atom is -0.502 e. The van der Waals surface area contributed by atoms with E-state index in [2.05, 4.69) is 4.74 Å². The van der Waals surface area contributed by atoms with Gasteiger partial charge in [-0.25, -0.2) is 0 Å². The lowest BCUT2D eigenvalue weighted by atomic mass is 9.99. The molecule has 1 N–H and O–H groups in total. The van der Waals surface area contributed by atoms with Crippen molar-refractivity contribution in [3.63, 3.8) is 0 Å². The number of halogens is 3. The molecule has 18 heavy (non-hydrogen) atoms. The van der Waals surface area contributed by atoms with Crippen molar-refractivity contribution in [3.8, 4) is 6.07 Å². The highest BCUT2D eigenvalue weighted by Crippen LogP contribution is 2.39. The van der Waals surface area contributed by atoms with Gasteiger partial charge in [0.25, 0.3) is 0 Å². The first-order valence-corrected chi connectivity index (χ1v) is 6.48. The number of thioether (sulfide) groups is 1. The molecule has 0 saturated heterocycles. The van der Waals surface area contributed by atoms with E-state index < -0.39 is 17.0 Å². The Morgan fingerprint density at radius 2 is 2.06 bits per heavy atom. The maximum atomic E-state index is 12.9. The Kier molecular flexibility index (Phi) is 7.18. The lowest BCUT2D eigenvalue weighted by Gasteiger charge is -2.30. The fourth-order valence-corrected chi connectivity index (χ4v) is 2.09. The zero-order valence-electron chi connectivity index (χ0n) is 10.2. The molecule has 7 heteroatoms. The number of rotatable bonds is 7. The quantitative estimate of drug-likeness (QED) is 0.730. The minimum atomic E-state index is -4.93. The van der Waals surface area contributed by atoms with Crippen molar-refractivity contribution >= 4 is 11.8 Å². The molecule has 0 aromatic carbocycles. The third-order valence-electron chi connectivity index (χ3n) is 2.04. The van der Waals surface area contributed by atoms with Gasteiger partial charge < -0.3 is 9.84 Å². The highest BCUT2D eigenvalue weighted by molar-refractivity contribution is 8.00. The molecule has 0 rings (SSSR count). The van der Waals surface area contributed by atoms with Crippen molar-refractivity contribution in [2.45, 2.75) is 37.3 Å². The predicted molar refractivity (Wildman–Crippen MR) is 63.9 cm³/mol. The Morgan fingerprint density at radius 1 is 1.44 bits per heavy atom. The van der Waals surface area contributed by atoms with E-state index in [1.54, 1.807) is 13.8 Å². The second kappa shape index (κ2) is 7.54. The van der Waals surface area contributed by atoms with Crippen LogP contribution in [0.3, 0.4) is 0 Å². The molecule has 0 aliphatic rings. The summed E-state index contributed by atoms with van der Waals surface area (Å²) in [6, 6.07) is 1.50. The van der Waals surface area contributed by atoms with Crippen molar-refractivity contribution in [1.29, 1.82) is 5.26 Å². The summed E-state index contributed by atoms with van der Waals surface area (Å²) >= 11 is 0.775. The van der Waals surface area contributed by atoms with Crippen LogP contribution >= 0.6 is 11.8 Å². The Morgan fingerprint density at radius 3 is 2.44 bits per heavy atom. The number of hydrogen-bond acceptors (Lipinski definition) is 4. The zero-order valence-corrected chi connectivity index (χ0v) is 11.0. The maximum Gasteiger partial charge on any atom is 0.423 e. The second-order valence-corrected chi connectivity index (χ2v) is 4.67. The van der Waals surface area contributed by atoms with Gasteiger partial charge in [-0.15, -0.1) is 11.8 Å². The van der Waals surface area contributed by atoms with Crippen LogP contribution in [-0.2, 0) is 4.74 Å². The van der Waals surface area contributed by atoms with E-state index in [1.807, 2.05) is 0 Å². The summed E-state index contributed by atoms with van der Waals surface area (Å²) in [4.78, 5) is 0. The van der Waals surface area contributed by atoms with Crippen LogP contribution in [-0.4, -0.2) is 34.5 Å². The summed E-state index contributed by atoms with van der Waals surface area (Å²) in [5.74, 6) is 0.360. The lowest BCUT2D eigenvalue weighted by molar-refractivity contribution is -0.236. The standard InChI is InChI=1S/C11H16F3NO2S/c1-3-7-18-9(8-15)10(16,11(12,13)14)5-6-17-4-2/h5-6,9,16H,3-4,7H2,1-2H3/b6-5+. The van der Waals surface area contributed by atoms with Crippen molar-refractivity contribution < 1.29 is 23.0 Å². The molecule has 0 fully saturated rings. The van der Waals surface area contributed by atoms with Gasteiger partial charge in [0.15, 0.2) is 0 Å². The largest absolute Gasteiger partial charge is 0.502 e. The van der Waals surface area contributed by atoms with Crippen LogP contribution < -0.4 is 0 Å². The average Bonchev–Trinajstić information content (AvgIpc) is 2.29. The van der Waals surface area contributed by atoms with Gasteiger partial charge >= 0.3 is 6.18 Å². The Balaban J connectivity index is 5.13. The molecular formula is C11H16F3NO2S.